The Morgan fingerprint density at radius 2 is 0.560 bits per heavy atom. The molecule has 0 radical (unpaired) electrons. The lowest BCUT2D eigenvalue weighted by Crippen LogP contribution is -2.15. The average Bonchev–Trinajstić information content (AvgIpc) is 2.75. The molecule has 0 N–H and O–H groups in total. The van der Waals surface area contributed by atoms with Crippen LogP contribution in [0.4, 0.5) is 34.1 Å². The van der Waals surface area contributed by atoms with Crippen LogP contribution in [0.5, 0.6) is 0 Å². The minimum atomic E-state index is -0.186. The van der Waals surface area contributed by atoms with E-state index < -0.39 is 0 Å². The van der Waals surface area contributed by atoms with Crippen molar-refractivity contribution >= 4 is 98.0 Å². The molecule has 15 aromatic rings. The number of anilines is 6. The van der Waals surface area contributed by atoms with E-state index in [-0.39, 0.29) is 5.41 Å². The lowest BCUT2D eigenvalue weighted by atomic mass is 9.81. The molecule has 2 nitrogen and oxygen atoms in total. The van der Waals surface area contributed by atoms with Crippen LogP contribution in [0.1, 0.15) is 25.0 Å². The van der Waals surface area contributed by atoms with E-state index in [1.807, 2.05) is 11.3 Å². The van der Waals surface area contributed by atoms with Gasteiger partial charge in [-0.15, -0.1) is 11.3 Å². The molecular formula is C81H56N2S. The molecule has 0 saturated heterocycles. The highest BCUT2D eigenvalue weighted by molar-refractivity contribution is 7.25. The first-order valence-corrected chi connectivity index (χ1v) is 29.9. The molecule has 1 aromatic heterocycles. The fraction of sp³-hybridized carbons (Fsp3) is 0.0370. The Labute approximate surface area is 494 Å². The predicted molar refractivity (Wildman–Crippen MR) is 361 cm³/mol. The van der Waals surface area contributed by atoms with Crippen molar-refractivity contribution in [1.82, 2.24) is 0 Å². The number of hydrogen-bond donors (Lipinski definition) is 0. The molecule has 0 bridgehead atoms. The van der Waals surface area contributed by atoms with E-state index in [1.54, 1.807) is 0 Å². The lowest BCUT2D eigenvalue weighted by molar-refractivity contribution is 0.661. The van der Waals surface area contributed by atoms with Crippen LogP contribution < -0.4 is 9.80 Å². The summed E-state index contributed by atoms with van der Waals surface area (Å²) in [5.74, 6) is 0. The van der Waals surface area contributed by atoms with E-state index in [2.05, 4.69) is 327 Å². The Bertz CT molecular complexity index is 4990. The van der Waals surface area contributed by atoms with Crippen molar-refractivity contribution in [2.75, 3.05) is 9.80 Å². The highest BCUT2D eigenvalue weighted by Crippen LogP contribution is 2.53. The van der Waals surface area contributed by atoms with Gasteiger partial charge in [-0.05, 0) is 202 Å². The Morgan fingerprint density at radius 1 is 0.226 bits per heavy atom. The van der Waals surface area contributed by atoms with Crippen molar-refractivity contribution in [3.05, 3.63) is 314 Å². The molecule has 0 aliphatic heterocycles. The molecule has 1 aliphatic rings. The molecule has 0 fully saturated rings. The van der Waals surface area contributed by atoms with Crippen molar-refractivity contribution in [2.45, 2.75) is 19.3 Å². The number of fused-ring (bicyclic) bond motifs is 12. The molecule has 14 aromatic carbocycles. The fourth-order valence-corrected chi connectivity index (χ4v) is 14.4. The van der Waals surface area contributed by atoms with Gasteiger partial charge in [-0.2, -0.15) is 0 Å². The summed E-state index contributed by atoms with van der Waals surface area (Å²) in [6.45, 7) is 4.79. The zero-order valence-corrected chi connectivity index (χ0v) is 47.5. The maximum atomic E-state index is 2.50. The van der Waals surface area contributed by atoms with Gasteiger partial charge in [0, 0.05) is 59.7 Å². The zero-order valence-electron chi connectivity index (χ0n) is 46.7. The highest BCUT2D eigenvalue weighted by Gasteiger charge is 2.37. The van der Waals surface area contributed by atoms with Gasteiger partial charge in [-0.3, -0.25) is 0 Å². The minimum absolute atomic E-state index is 0.186. The van der Waals surface area contributed by atoms with Gasteiger partial charge in [0.2, 0.25) is 0 Å². The third-order valence-electron chi connectivity index (χ3n) is 17.7. The monoisotopic (exact) mass is 1090 g/mol. The van der Waals surface area contributed by atoms with Crippen molar-refractivity contribution in [2.24, 2.45) is 0 Å². The molecular weight excluding hydrogens is 1030 g/mol. The van der Waals surface area contributed by atoms with Crippen LogP contribution in [0.25, 0.3) is 108 Å². The first-order chi connectivity index (χ1) is 41.4. The average molecular weight is 1090 g/mol. The second kappa shape index (κ2) is 20.0. The van der Waals surface area contributed by atoms with Crippen molar-refractivity contribution in [3.63, 3.8) is 0 Å². The van der Waals surface area contributed by atoms with E-state index in [0.717, 1.165) is 45.3 Å². The Hall–Kier alpha value is -10.3. The molecule has 1 aliphatic carbocycles. The summed E-state index contributed by atoms with van der Waals surface area (Å²) < 4.78 is 2.64. The molecule has 3 heteroatoms. The molecule has 0 saturated carbocycles. The van der Waals surface area contributed by atoms with Crippen LogP contribution in [0, 0.1) is 0 Å². The standard InChI is InChI=1S/C81H56N2S/c1-81(2)77-47-46-66(50-74(77)75-51-72-69-21-11-9-19-67(69)68-20-10-12-22-70(68)73(72)52-78(75)81)83(64-40-27-56(28-41-64)54-17-7-4-8-18-54)65-42-31-58(32-43-65)57-29-38-62(39-30-57)82(61-36-25-55(26-37-61)53-15-5-3-6-16-53)63-44-33-59(34-45-63)60-35-48-80-76(49-60)71-23-13-14-24-79(71)84-80/h3-52H,1-2H3. The van der Waals surface area contributed by atoms with Crippen LogP contribution in [0.15, 0.2) is 303 Å². The Balaban J connectivity index is 0.756. The second-order valence-electron chi connectivity index (χ2n) is 22.8. The second-order valence-corrected chi connectivity index (χ2v) is 23.9. The first kappa shape index (κ1) is 49.5. The summed E-state index contributed by atoms with van der Waals surface area (Å²) in [5, 5.41) is 10.4. The summed E-state index contributed by atoms with van der Waals surface area (Å²) >= 11 is 1.86. The van der Waals surface area contributed by atoms with Gasteiger partial charge in [0.1, 0.15) is 0 Å². The van der Waals surface area contributed by atoms with Crippen LogP contribution in [0.3, 0.4) is 0 Å². The van der Waals surface area contributed by atoms with Crippen molar-refractivity contribution < 1.29 is 0 Å². The Kier molecular flexibility index (Phi) is 11.8. The number of nitrogens with zero attached hydrogens (tertiary/aromatic N) is 2. The number of thiophene rings is 1. The first-order valence-electron chi connectivity index (χ1n) is 29.0. The molecule has 0 atom stereocenters. The number of hydrogen-bond acceptors (Lipinski definition) is 3. The maximum absolute atomic E-state index is 2.50. The normalized spacial score (nSPS) is 12.5. The lowest BCUT2D eigenvalue weighted by Gasteiger charge is -2.27. The summed E-state index contributed by atoms with van der Waals surface area (Å²) in [6, 6.07) is 112. The third kappa shape index (κ3) is 8.38. The predicted octanol–water partition coefficient (Wildman–Crippen LogP) is 23.4. The van der Waals surface area contributed by atoms with Crippen LogP contribution in [-0.2, 0) is 5.41 Å². The molecule has 84 heavy (non-hydrogen) atoms. The van der Waals surface area contributed by atoms with Crippen molar-refractivity contribution in [3.8, 4) is 55.6 Å². The molecule has 0 unspecified atom stereocenters. The summed E-state index contributed by atoms with van der Waals surface area (Å²) in [5.41, 5.74) is 21.2. The summed E-state index contributed by atoms with van der Waals surface area (Å²) in [6.07, 6.45) is 0. The van der Waals surface area contributed by atoms with E-state index in [1.165, 1.54) is 108 Å². The molecule has 396 valence electrons. The van der Waals surface area contributed by atoms with E-state index in [4.69, 9.17) is 0 Å². The van der Waals surface area contributed by atoms with Gasteiger partial charge >= 0.3 is 0 Å². The van der Waals surface area contributed by atoms with E-state index in [0.29, 0.717) is 0 Å². The minimum Gasteiger partial charge on any atom is -0.311 e. The van der Waals surface area contributed by atoms with Gasteiger partial charge in [-0.1, -0.05) is 214 Å². The summed E-state index contributed by atoms with van der Waals surface area (Å²) in [7, 11) is 0. The van der Waals surface area contributed by atoms with Crippen molar-refractivity contribution in [1.29, 1.82) is 0 Å². The molecule has 16 rings (SSSR count). The third-order valence-corrected chi connectivity index (χ3v) is 18.8. The van der Waals surface area contributed by atoms with Gasteiger partial charge in [0.15, 0.2) is 0 Å². The van der Waals surface area contributed by atoms with E-state index in [9.17, 15) is 0 Å². The van der Waals surface area contributed by atoms with E-state index >= 15 is 0 Å². The zero-order chi connectivity index (χ0) is 55.9. The Morgan fingerprint density at radius 3 is 1.04 bits per heavy atom. The summed E-state index contributed by atoms with van der Waals surface area (Å²) in [4.78, 5) is 4.79. The van der Waals surface area contributed by atoms with Gasteiger partial charge in [0.25, 0.3) is 0 Å². The highest BCUT2D eigenvalue weighted by atomic mass is 32.1. The molecule has 0 spiro atoms. The van der Waals surface area contributed by atoms with Crippen LogP contribution in [-0.4, -0.2) is 0 Å². The van der Waals surface area contributed by atoms with Crippen LogP contribution in [0.2, 0.25) is 0 Å². The SMILES string of the molecule is CC1(C)c2ccc(N(c3ccc(-c4ccccc4)cc3)c3ccc(-c4ccc(N(c5ccc(-c6ccccc6)cc5)c5ccc(-c6ccc7sc8ccccc8c7c6)cc5)cc4)cc3)cc2-c2cc3c4ccccc4c4ccccc4c3cc21. The molecule has 1 heterocycles. The molecule has 0 amide bonds. The maximum Gasteiger partial charge on any atom is 0.0468 e. The quantitative estimate of drug-likeness (QED) is 0.126. The fourth-order valence-electron chi connectivity index (χ4n) is 13.4. The number of rotatable bonds is 10. The largest absolute Gasteiger partial charge is 0.311 e. The van der Waals surface area contributed by atoms with Crippen LogP contribution >= 0.6 is 11.3 Å². The van der Waals surface area contributed by atoms with Gasteiger partial charge in [0.05, 0.1) is 0 Å². The topological polar surface area (TPSA) is 6.48 Å². The number of benzene rings is 14. The smallest absolute Gasteiger partial charge is 0.0468 e. The van der Waals surface area contributed by atoms with Gasteiger partial charge in [-0.25, -0.2) is 0 Å². The van der Waals surface area contributed by atoms with Gasteiger partial charge < -0.3 is 9.80 Å².